The topological polar surface area (TPSA) is 66.0 Å². The van der Waals surface area contributed by atoms with Gasteiger partial charge >= 0.3 is 6.09 Å². The molecule has 1 N–H and O–H groups in total. The molecular formula is C17H19NO5. The molecule has 0 aliphatic rings. The summed E-state index contributed by atoms with van der Waals surface area (Å²) in [5.74, 6) is 1.07. The molecule has 0 aromatic heterocycles. The Labute approximate surface area is 134 Å². The van der Waals surface area contributed by atoms with Gasteiger partial charge in [0.2, 0.25) is 0 Å². The van der Waals surface area contributed by atoms with Crippen molar-refractivity contribution in [3.8, 4) is 11.5 Å². The van der Waals surface area contributed by atoms with Gasteiger partial charge in [-0.15, -0.1) is 0 Å². The molecule has 0 fully saturated rings. The summed E-state index contributed by atoms with van der Waals surface area (Å²) in [7, 11) is 3.06. The van der Waals surface area contributed by atoms with Crippen LogP contribution < -0.4 is 14.8 Å². The number of benzene rings is 2. The van der Waals surface area contributed by atoms with E-state index >= 15 is 0 Å². The first-order valence-corrected chi connectivity index (χ1v) is 7.00. The maximum atomic E-state index is 11.9. The Morgan fingerprint density at radius 3 is 2.48 bits per heavy atom. The van der Waals surface area contributed by atoms with Crippen molar-refractivity contribution < 1.29 is 23.7 Å². The van der Waals surface area contributed by atoms with Gasteiger partial charge in [0, 0.05) is 25.3 Å². The normalized spacial score (nSPS) is 10.0. The zero-order valence-electron chi connectivity index (χ0n) is 13.1. The SMILES string of the molecule is COCOc1cc(NC(=O)OCc2ccccc2)cc(OC)c1. The van der Waals surface area contributed by atoms with Crippen LogP contribution in [0.5, 0.6) is 11.5 Å². The summed E-state index contributed by atoms with van der Waals surface area (Å²) in [6, 6.07) is 14.5. The van der Waals surface area contributed by atoms with E-state index in [2.05, 4.69) is 5.32 Å². The minimum Gasteiger partial charge on any atom is -0.497 e. The van der Waals surface area contributed by atoms with Crippen LogP contribution in [0.15, 0.2) is 48.5 Å². The maximum Gasteiger partial charge on any atom is 0.411 e. The Balaban J connectivity index is 1.96. The summed E-state index contributed by atoms with van der Waals surface area (Å²) in [5.41, 5.74) is 1.42. The lowest BCUT2D eigenvalue weighted by atomic mass is 10.2. The van der Waals surface area contributed by atoms with Crippen LogP contribution in [0.4, 0.5) is 10.5 Å². The first kappa shape index (κ1) is 16.6. The lowest BCUT2D eigenvalue weighted by Gasteiger charge is -2.11. The van der Waals surface area contributed by atoms with Gasteiger partial charge < -0.3 is 18.9 Å². The number of hydrogen-bond donors (Lipinski definition) is 1. The lowest BCUT2D eigenvalue weighted by molar-refractivity contribution is 0.0510. The molecule has 0 saturated heterocycles. The molecule has 0 aliphatic carbocycles. The fraction of sp³-hybridized carbons (Fsp3) is 0.235. The number of methoxy groups -OCH3 is 2. The quantitative estimate of drug-likeness (QED) is 0.793. The molecule has 0 bridgehead atoms. The van der Waals surface area contributed by atoms with Gasteiger partial charge in [-0.2, -0.15) is 0 Å². The largest absolute Gasteiger partial charge is 0.497 e. The molecular weight excluding hydrogens is 298 g/mol. The van der Waals surface area contributed by atoms with Crippen molar-refractivity contribution >= 4 is 11.8 Å². The van der Waals surface area contributed by atoms with Crippen LogP contribution in [0.2, 0.25) is 0 Å². The zero-order valence-corrected chi connectivity index (χ0v) is 13.1. The van der Waals surface area contributed by atoms with E-state index in [-0.39, 0.29) is 13.4 Å². The van der Waals surface area contributed by atoms with Crippen LogP contribution in [0.25, 0.3) is 0 Å². The summed E-state index contributed by atoms with van der Waals surface area (Å²) in [4.78, 5) is 11.9. The summed E-state index contributed by atoms with van der Waals surface area (Å²) >= 11 is 0. The standard InChI is InChI=1S/C17H19NO5/c1-20-12-23-16-9-14(8-15(10-16)21-2)18-17(19)22-11-13-6-4-3-5-7-13/h3-10H,11-12H2,1-2H3,(H,18,19). The number of anilines is 1. The zero-order chi connectivity index (χ0) is 16.5. The van der Waals surface area contributed by atoms with Crippen LogP contribution in [-0.2, 0) is 16.1 Å². The van der Waals surface area contributed by atoms with Crippen molar-refractivity contribution in [3.05, 3.63) is 54.1 Å². The molecule has 0 unspecified atom stereocenters. The van der Waals surface area contributed by atoms with Crippen molar-refractivity contribution in [3.63, 3.8) is 0 Å². The molecule has 6 heteroatoms. The Morgan fingerprint density at radius 2 is 1.78 bits per heavy atom. The molecule has 2 aromatic rings. The summed E-state index contributed by atoms with van der Waals surface area (Å²) in [5, 5.41) is 2.64. The number of hydrogen-bond acceptors (Lipinski definition) is 5. The van der Waals surface area contributed by atoms with Gasteiger partial charge in [-0.1, -0.05) is 30.3 Å². The monoisotopic (exact) mass is 317 g/mol. The highest BCUT2D eigenvalue weighted by atomic mass is 16.7. The van der Waals surface area contributed by atoms with E-state index in [9.17, 15) is 4.79 Å². The van der Waals surface area contributed by atoms with Crippen molar-refractivity contribution in [2.45, 2.75) is 6.61 Å². The maximum absolute atomic E-state index is 11.9. The Kier molecular flexibility index (Phi) is 6.26. The van der Waals surface area contributed by atoms with Crippen molar-refractivity contribution in [2.24, 2.45) is 0 Å². The average Bonchev–Trinajstić information content (AvgIpc) is 2.59. The molecule has 6 nitrogen and oxygen atoms in total. The van der Waals surface area contributed by atoms with Crippen LogP contribution >= 0.6 is 0 Å². The summed E-state index contributed by atoms with van der Waals surface area (Å²) < 4.78 is 20.6. The van der Waals surface area contributed by atoms with E-state index in [1.54, 1.807) is 18.2 Å². The van der Waals surface area contributed by atoms with Gasteiger partial charge in [0.15, 0.2) is 6.79 Å². The Morgan fingerprint density at radius 1 is 1.04 bits per heavy atom. The van der Waals surface area contributed by atoms with E-state index in [0.717, 1.165) is 5.56 Å². The van der Waals surface area contributed by atoms with Gasteiger partial charge in [-0.05, 0) is 5.56 Å². The molecule has 0 saturated carbocycles. The highest BCUT2D eigenvalue weighted by Gasteiger charge is 2.08. The minimum atomic E-state index is -0.556. The van der Waals surface area contributed by atoms with Gasteiger partial charge in [-0.3, -0.25) is 5.32 Å². The summed E-state index contributed by atoms with van der Waals surface area (Å²) in [6.45, 7) is 0.300. The van der Waals surface area contributed by atoms with E-state index in [1.807, 2.05) is 30.3 Å². The predicted molar refractivity (Wildman–Crippen MR) is 85.7 cm³/mol. The van der Waals surface area contributed by atoms with Crippen LogP contribution in [0.1, 0.15) is 5.56 Å². The van der Waals surface area contributed by atoms with Crippen molar-refractivity contribution in [1.82, 2.24) is 0 Å². The third-order valence-electron chi connectivity index (χ3n) is 2.92. The molecule has 0 spiro atoms. The fourth-order valence-electron chi connectivity index (χ4n) is 1.85. The summed E-state index contributed by atoms with van der Waals surface area (Å²) in [6.07, 6.45) is -0.556. The van der Waals surface area contributed by atoms with Gasteiger partial charge in [0.25, 0.3) is 0 Å². The van der Waals surface area contributed by atoms with E-state index in [1.165, 1.54) is 14.2 Å². The minimum absolute atomic E-state index is 0.102. The second-order valence-corrected chi connectivity index (χ2v) is 4.63. The third kappa shape index (κ3) is 5.52. The highest BCUT2D eigenvalue weighted by molar-refractivity contribution is 5.85. The molecule has 2 rings (SSSR count). The third-order valence-corrected chi connectivity index (χ3v) is 2.92. The van der Waals surface area contributed by atoms with E-state index in [4.69, 9.17) is 18.9 Å². The van der Waals surface area contributed by atoms with Crippen LogP contribution in [-0.4, -0.2) is 27.1 Å². The molecule has 122 valence electrons. The number of carbonyl (C=O) groups is 1. The number of carbonyl (C=O) groups excluding carboxylic acids is 1. The van der Waals surface area contributed by atoms with E-state index in [0.29, 0.717) is 17.2 Å². The smallest absolute Gasteiger partial charge is 0.411 e. The number of rotatable bonds is 7. The molecule has 23 heavy (non-hydrogen) atoms. The Hall–Kier alpha value is -2.73. The first-order chi connectivity index (χ1) is 11.2. The van der Waals surface area contributed by atoms with E-state index < -0.39 is 6.09 Å². The predicted octanol–water partition coefficient (Wildman–Crippen LogP) is 3.43. The molecule has 0 atom stereocenters. The molecule has 0 heterocycles. The van der Waals surface area contributed by atoms with Crippen LogP contribution in [0, 0.1) is 0 Å². The number of nitrogens with one attached hydrogen (secondary N) is 1. The fourth-order valence-corrected chi connectivity index (χ4v) is 1.85. The second kappa shape index (κ2) is 8.65. The van der Waals surface area contributed by atoms with Crippen LogP contribution in [0.3, 0.4) is 0 Å². The van der Waals surface area contributed by atoms with Crippen molar-refractivity contribution in [2.75, 3.05) is 26.3 Å². The lowest BCUT2D eigenvalue weighted by Crippen LogP contribution is -2.13. The molecule has 2 aromatic carbocycles. The average molecular weight is 317 g/mol. The Bertz CT molecular complexity index is 630. The first-order valence-electron chi connectivity index (χ1n) is 7.00. The highest BCUT2D eigenvalue weighted by Crippen LogP contribution is 2.26. The van der Waals surface area contributed by atoms with Gasteiger partial charge in [-0.25, -0.2) is 4.79 Å². The van der Waals surface area contributed by atoms with Crippen molar-refractivity contribution in [1.29, 1.82) is 0 Å². The second-order valence-electron chi connectivity index (χ2n) is 4.63. The number of ether oxygens (including phenoxy) is 4. The van der Waals surface area contributed by atoms with Gasteiger partial charge in [0.1, 0.15) is 18.1 Å². The number of amides is 1. The molecule has 0 radical (unpaired) electrons. The molecule has 1 amide bonds. The van der Waals surface area contributed by atoms with Gasteiger partial charge in [0.05, 0.1) is 12.8 Å². The molecule has 0 aliphatic heterocycles.